The predicted molar refractivity (Wildman–Crippen MR) is 73.4 cm³/mol. The molecule has 2 heterocycles. The minimum Gasteiger partial charge on any atom is -0.478 e. The Bertz CT molecular complexity index is 552. The van der Waals surface area contributed by atoms with Crippen LogP contribution in [-0.4, -0.2) is 54.4 Å². The normalized spacial score (nSPS) is 21.2. The van der Waals surface area contributed by atoms with Gasteiger partial charge in [-0.3, -0.25) is 4.79 Å². The summed E-state index contributed by atoms with van der Waals surface area (Å²) in [7, 11) is 1.59. The quantitative estimate of drug-likeness (QED) is 0.826. The number of aromatic carboxylic acids is 1. The van der Waals surface area contributed by atoms with Crippen molar-refractivity contribution >= 4 is 11.9 Å². The molecule has 1 amide bonds. The second kappa shape index (κ2) is 6.19. The average molecular weight is 294 g/mol. The van der Waals surface area contributed by atoms with Crippen molar-refractivity contribution in [3.8, 4) is 0 Å². The van der Waals surface area contributed by atoms with E-state index in [1.165, 1.54) is 12.1 Å². The first-order valence-electron chi connectivity index (χ1n) is 6.59. The molecule has 21 heavy (non-hydrogen) atoms. The van der Waals surface area contributed by atoms with E-state index in [2.05, 4.69) is 10.3 Å². The standard InChI is InChI=1S/C14H18N2O5/c1-9-10(13(18)19)3-4-11(16-9)12(17)15-7-14(20-2)5-6-21-8-14/h3-4H,5-8H2,1-2H3,(H,15,17)(H,18,19). The number of pyridine rings is 1. The summed E-state index contributed by atoms with van der Waals surface area (Å²) in [5.41, 5.74) is 0.0821. The topological polar surface area (TPSA) is 97.8 Å². The van der Waals surface area contributed by atoms with E-state index >= 15 is 0 Å². The van der Waals surface area contributed by atoms with Crippen molar-refractivity contribution in [2.75, 3.05) is 26.9 Å². The van der Waals surface area contributed by atoms with Crippen LogP contribution in [0.5, 0.6) is 0 Å². The molecule has 1 aromatic rings. The fourth-order valence-electron chi connectivity index (χ4n) is 2.21. The molecule has 0 aliphatic carbocycles. The molecule has 0 radical (unpaired) electrons. The zero-order chi connectivity index (χ0) is 15.5. The monoisotopic (exact) mass is 294 g/mol. The lowest BCUT2D eigenvalue weighted by atomic mass is 10.0. The first kappa shape index (κ1) is 15.4. The maximum absolute atomic E-state index is 12.1. The highest BCUT2D eigenvalue weighted by Crippen LogP contribution is 2.21. The number of carbonyl (C=O) groups excluding carboxylic acids is 1. The summed E-state index contributed by atoms with van der Waals surface area (Å²) in [6.07, 6.45) is 0.716. The lowest BCUT2D eigenvalue weighted by Gasteiger charge is -2.25. The summed E-state index contributed by atoms with van der Waals surface area (Å²) in [5, 5.41) is 11.7. The molecule has 1 aliphatic rings. The van der Waals surface area contributed by atoms with Gasteiger partial charge in [0.1, 0.15) is 11.3 Å². The van der Waals surface area contributed by atoms with E-state index in [-0.39, 0.29) is 17.2 Å². The molecule has 0 spiro atoms. The molecule has 1 fully saturated rings. The van der Waals surface area contributed by atoms with Crippen LogP contribution in [0.15, 0.2) is 12.1 Å². The minimum atomic E-state index is -1.06. The van der Waals surface area contributed by atoms with Gasteiger partial charge < -0.3 is 19.9 Å². The summed E-state index contributed by atoms with van der Waals surface area (Å²) >= 11 is 0. The van der Waals surface area contributed by atoms with Gasteiger partial charge in [-0.25, -0.2) is 9.78 Å². The van der Waals surface area contributed by atoms with Crippen molar-refractivity contribution in [2.45, 2.75) is 18.9 Å². The molecule has 1 aliphatic heterocycles. The number of rotatable bonds is 5. The first-order valence-corrected chi connectivity index (χ1v) is 6.59. The number of hydrogen-bond donors (Lipinski definition) is 2. The van der Waals surface area contributed by atoms with Crippen LogP contribution in [0, 0.1) is 6.92 Å². The molecule has 1 atom stereocenters. The average Bonchev–Trinajstić information content (AvgIpc) is 2.93. The van der Waals surface area contributed by atoms with Crippen LogP contribution in [0.3, 0.4) is 0 Å². The highest BCUT2D eigenvalue weighted by molar-refractivity contribution is 5.94. The second-order valence-electron chi connectivity index (χ2n) is 5.01. The van der Waals surface area contributed by atoms with E-state index < -0.39 is 11.6 Å². The van der Waals surface area contributed by atoms with E-state index in [0.717, 1.165) is 0 Å². The predicted octanol–water partition coefficient (Wildman–Crippen LogP) is 0.624. The van der Waals surface area contributed by atoms with Gasteiger partial charge in [0.2, 0.25) is 0 Å². The van der Waals surface area contributed by atoms with E-state index in [9.17, 15) is 9.59 Å². The molecule has 1 saturated heterocycles. The van der Waals surface area contributed by atoms with Crippen molar-refractivity contribution in [1.29, 1.82) is 0 Å². The van der Waals surface area contributed by atoms with Crippen molar-refractivity contribution in [2.24, 2.45) is 0 Å². The largest absolute Gasteiger partial charge is 0.478 e. The van der Waals surface area contributed by atoms with Gasteiger partial charge in [-0.2, -0.15) is 0 Å². The summed E-state index contributed by atoms with van der Waals surface area (Å²) in [6.45, 7) is 2.92. The van der Waals surface area contributed by atoms with E-state index in [1.54, 1.807) is 14.0 Å². The highest BCUT2D eigenvalue weighted by Gasteiger charge is 2.35. The fourth-order valence-corrected chi connectivity index (χ4v) is 2.21. The molecule has 114 valence electrons. The fraction of sp³-hybridized carbons (Fsp3) is 0.500. The van der Waals surface area contributed by atoms with Gasteiger partial charge in [-0.15, -0.1) is 0 Å². The number of aryl methyl sites for hydroxylation is 1. The maximum Gasteiger partial charge on any atom is 0.337 e. The van der Waals surface area contributed by atoms with Gasteiger partial charge in [-0.05, 0) is 19.1 Å². The molecule has 2 rings (SSSR count). The number of hydrogen-bond acceptors (Lipinski definition) is 5. The van der Waals surface area contributed by atoms with Crippen molar-refractivity contribution in [1.82, 2.24) is 10.3 Å². The zero-order valence-electron chi connectivity index (χ0n) is 12.0. The molecule has 1 aromatic heterocycles. The third kappa shape index (κ3) is 3.37. The summed E-state index contributed by atoms with van der Waals surface area (Å²) in [4.78, 5) is 27.0. The Balaban J connectivity index is 2.03. The second-order valence-corrected chi connectivity index (χ2v) is 5.01. The Hall–Kier alpha value is -1.99. The molecule has 0 aromatic carbocycles. The molecule has 0 bridgehead atoms. The van der Waals surface area contributed by atoms with Crippen LogP contribution < -0.4 is 5.32 Å². The van der Waals surface area contributed by atoms with Crippen molar-refractivity contribution in [3.63, 3.8) is 0 Å². The van der Waals surface area contributed by atoms with Gasteiger partial charge in [0, 0.05) is 26.7 Å². The Kier molecular flexibility index (Phi) is 4.54. The molecular formula is C14H18N2O5. The molecule has 1 unspecified atom stereocenters. The summed E-state index contributed by atoms with van der Waals surface area (Å²) in [6, 6.07) is 2.78. The number of nitrogens with one attached hydrogen (secondary N) is 1. The first-order chi connectivity index (χ1) is 9.97. The van der Waals surface area contributed by atoms with E-state index in [1.807, 2.05) is 0 Å². The molecule has 2 N–H and O–H groups in total. The SMILES string of the molecule is COC1(CNC(=O)c2ccc(C(=O)O)c(C)n2)CCOC1. The van der Waals surface area contributed by atoms with E-state index in [4.69, 9.17) is 14.6 Å². The Morgan fingerprint density at radius 3 is 2.81 bits per heavy atom. The number of carboxylic acids is 1. The lowest BCUT2D eigenvalue weighted by molar-refractivity contribution is -0.0149. The number of ether oxygens (including phenoxy) is 2. The number of aromatic nitrogens is 1. The van der Waals surface area contributed by atoms with Crippen LogP contribution in [0.4, 0.5) is 0 Å². The third-order valence-electron chi connectivity index (χ3n) is 3.62. The Morgan fingerprint density at radius 1 is 1.52 bits per heavy atom. The third-order valence-corrected chi connectivity index (χ3v) is 3.62. The van der Waals surface area contributed by atoms with E-state index in [0.29, 0.717) is 31.9 Å². The zero-order valence-corrected chi connectivity index (χ0v) is 12.0. The smallest absolute Gasteiger partial charge is 0.337 e. The van der Waals surface area contributed by atoms with Crippen LogP contribution in [0.2, 0.25) is 0 Å². The number of nitrogens with zero attached hydrogens (tertiary/aromatic N) is 1. The Morgan fingerprint density at radius 2 is 2.29 bits per heavy atom. The van der Waals surface area contributed by atoms with Crippen molar-refractivity contribution in [3.05, 3.63) is 29.1 Å². The summed E-state index contributed by atoms with van der Waals surface area (Å²) in [5.74, 6) is -1.42. The number of carbonyl (C=O) groups is 2. The van der Waals surface area contributed by atoms with Crippen LogP contribution >= 0.6 is 0 Å². The maximum atomic E-state index is 12.1. The van der Waals surface area contributed by atoms with Crippen LogP contribution in [0.1, 0.15) is 33.0 Å². The highest BCUT2D eigenvalue weighted by atomic mass is 16.5. The van der Waals surface area contributed by atoms with Crippen LogP contribution in [-0.2, 0) is 9.47 Å². The number of amides is 1. The molecular weight excluding hydrogens is 276 g/mol. The van der Waals surface area contributed by atoms with Gasteiger partial charge in [0.25, 0.3) is 5.91 Å². The van der Waals surface area contributed by atoms with Gasteiger partial charge >= 0.3 is 5.97 Å². The lowest BCUT2D eigenvalue weighted by Crippen LogP contribution is -2.45. The van der Waals surface area contributed by atoms with Gasteiger partial charge in [0.05, 0.1) is 17.9 Å². The van der Waals surface area contributed by atoms with Crippen molar-refractivity contribution < 1.29 is 24.2 Å². The minimum absolute atomic E-state index is 0.0871. The van der Waals surface area contributed by atoms with Gasteiger partial charge in [0.15, 0.2) is 0 Å². The van der Waals surface area contributed by atoms with Crippen LogP contribution in [0.25, 0.3) is 0 Å². The number of carboxylic acid groups (broad SMARTS) is 1. The number of methoxy groups -OCH3 is 1. The van der Waals surface area contributed by atoms with Gasteiger partial charge in [-0.1, -0.05) is 0 Å². The molecule has 7 nitrogen and oxygen atoms in total. The molecule has 0 saturated carbocycles. The summed E-state index contributed by atoms with van der Waals surface area (Å²) < 4.78 is 10.7. The molecule has 7 heteroatoms. The Labute approximate surface area is 122 Å².